The smallest absolute Gasteiger partial charge is 0.155 e. The third-order valence-corrected chi connectivity index (χ3v) is 5.98. The quantitative estimate of drug-likeness (QED) is 0.142. The van der Waals surface area contributed by atoms with Crippen molar-refractivity contribution < 1.29 is 30.0 Å². The van der Waals surface area contributed by atoms with Crippen molar-refractivity contribution >= 4 is 27.2 Å². The molecule has 1 radical (unpaired) electrons. The van der Waals surface area contributed by atoms with Gasteiger partial charge in [-0.3, -0.25) is 4.79 Å². The van der Waals surface area contributed by atoms with Gasteiger partial charge in [0.2, 0.25) is 0 Å². The van der Waals surface area contributed by atoms with E-state index in [4.69, 9.17) is 5.11 Å². The summed E-state index contributed by atoms with van der Waals surface area (Å²) in [7, 11) is 0. The fourth-order valence-electron chi connectivity index (χ4n) is 3.20. The van der Waals surface area contributed by atoms with Crippen molar-refractivity contribution in [2.24, 2.45) is 0 Å². The second-order valence-corrected chi connectivity index (χ2v) is 9.80. The van der Waals surface area contributed by atoms with Crippen LogP contribution in [-0.4, -0.2) is 15.9 Å². The van der Waals surface area contributed by atoms with Gasteiger partial charge in [-0.2, -0.15) is 0 Å². The van der Waals surface area contributed by atoms with E-state index in [0.29, 0.717) is 0 Å². The van der Waals surface area contributed by atoms with Crippen LogP contribution in [0.5, 0.6) is 0 Å². The van der Waals surface area contributed by atoms with E-state index < -0.39 is 0 Å². The Morgan fingerprint density at radius 3 is 2.27 bits per heavy atom. The summed E-state index contributed by atoms with van der Waals surface area (Å²) < 4.78 is 1.26. The molecule has 0 saturated carbocycles. The largest absolute Gasteiger partial charge is 0.512 e. The van der Waals surface area contributed by atoms with Crippen molar-refractivity contribution in [2.75, 3.05) is 0 Å². The first-order valence-electron chi connectivity index (χ1n) is 10.5. The summed E-state index contributed by atoms with van der Waals surface area (Å²) in [5.74, 6) is -0.0625. The molecule has 2 aromatic carbocycles. The first kappa shape index (κ1) is 26.7. The minimum Gasteiger partial charge on any atom is -0.512 e. The monoisotopic (exact) mass is 635 g/mol. The van der Waals surface area contributed by atoms with Gasteiger partial charge in [0.1, 0.15) is 0 Å². The van der Waals surface area contributed by atoms with Crippen LogP contribution in [0.3, 0.4) is 0 Å². The van der Waals surface area contributed by atoms with Crippen LogP contribution < -0.4 is 0 Å². The van der Waals surface area contributed by atoms with Crippen LogP contribution >= 0.6 is 11.3 Å². The van der Waals surface area contributed by atoms with E-state index in [-0.39, 0.29) is 37.1 Å². The number of fused-ring (bicyclic) bond motifs is 1. The minimum absolute atomic E-state index is 0. The number of aliphatic hydroxyl groups is 1. The van der Waals surface area contributed by atoms with E-state index in [1.54, 1.807) is 0 Å². The second-order valence-electron chi connectivity index (χ2n) is 8.72. The van der Waals surface area contributed by atoms with E-state index in [0.717, 1.165) is 11.3 Å². The maximum absolute atomic E-state index is 10.0. The first-order valence-corrected chi connectivity index (χ1v) is 11.3. The predicted octanol–water partition coefficient (Wildman–Crippen LogP) is 7.76. The van der Waals surface area contributed by atoms with Crippen molar-refractivity contribution in [1.29, 1.82) is 0 Å². The molecule has 33 heavy (non-hydrogen) atoms. The third-order valence-electron chi connectivity index (χ3n) is 4.83. The summed E-state index contributed by atoms with van der Waals surface area (Å²) in [6.07, 6.45) is 3.13. The zero-order chi connectivity index (χ0) is 23.3. The summed E-state index contributed by atoms with van der Waals surface area (Å²) in [6.45, 7) is 9.58. The molecule has 173 valence electrons. The molecular weight excluding hydrogens is 607 g/mol. The minimum atomic E-state index is -0.125. The summed E-state index contributed by atoms with van der Waals surface area (Å²) in [6, 6.07) is 24.6. The molecule has 0 bridgehead atoms. The average molecular weight is 635 g/mol. The number of pyridine rings is 1. The molecule has 0 amide bonds. The summed E-state index contributed by atoms with van der Waals surface area (Å²) in [5.41, 5.74) is 4.82. The van der Waals surface area contributed by atoms with Crippen LogP contribution in [0.25, 0.3) is 31.8 Å². The zero-order valence-electron chi connectivity index (χ0n) is 19.5. The molecule has 2 aromatic heterocycles. The summed E-state index contributed by atoms with van der Waals surface area (Å²) >= 11 is 1.82. The molecule has 4 aromatic rings. The number of carbonyl (C=O) groups is 1. The van der Waals surface area contributed by atoms with Crippen LogP contribution in [0.4, 0.5) is 0 Å². The number of carbonyl (C=O) groups excluding carboxylic acids is 1. The SMILES string of the molecule is CC(=O)/C=C(/C)O.CC(C)(C)c1ccc(-c2cc3cnc(-c4[c-]cccc4)cc3s2)cc1.[Ir]. The number of aliphatic hydroxyl groups excluding tert-OH is 1. The molecule has 0 aliphatic rings. The number of aromatic nitrogens is 1. The Morgan fingerprint density at radius 1 is 1.06 bits per heavy atom. The number of allylic oxidation sites excluding steroid dienone is 2. The Morgan fingerprint density at radius 2 is 1.76 bits per heavy atom. The van der Waals surface area contributed by atoms with E-state index in [1.165, 1.54) is 46.0 Å². The topological polar surface area (TPSA) is 50.2 Å². The van der Waals surface area contributed by atoms with Crippen molar-refractivity contribution in [3.63, 3.8) is 0 Å². The maximum atomic E-state index is 10.0. The van der Waals surface area contributed by atoms with Gasteiger partial charge in [-0.25, -0.2) is 0 Å². The molecule has 2 heterocycles. The number of benzene rings is 2. The van der Waals surface area contributed by atoms with Crippen molar-refractivity contribution in [2.45, 2.75) is 40.0 Å². The molecule has 0 fully saturated rings. The zero-order valence-corrected chi connectivity index (χ0v) is 22.7. The molecule has 4 rings (SSSR count). The Labute approximate surface area is 213 Å². The van der Waals surface area contributed by atoms with Gasteiger partial charge in [-0.1, -0.05) is 51.1 Å². The van der Waals surface area contributed by atoms with Gasteiger partial charge in [0.25, 0.3) is 0 Å². The third kappa shape index (κ3) is 7.46. The number of hydrogen-bond donors (Lipinski definition) is 1. The van der Waals surface area contributed by atoms with Gasteiger partial charge in [0, 0.05) is 47.3 Å². The molecule has 0 aliphatic carbocycles. The van der Waals surface area contributed by atoms with E-state index in [9.17, 15) is 4.79 Å². The van der Waals surface area contributed by atoms with Crippen molar-refractivity contribution in [3.05, 3.63) is 90.3 Å². The molecular formula is C28H28IrNO2S-. The number of nitrogens with zero attached hydrogens (tertiary/aromatic N) is 1. The average Bonchev–Trinajstić information content (AvgIpc) is 3.17. The molecule has 0 saturated heterocycles. The summed E-state index contributed by atoms with van der Waals surface area (Å²) in [5, 5.41) is 9.56. The molecule has 5 heteroatoms. The van der Waals surface area contributed by atoms with Gasteiger partial charge < -0.3 is 10.1 Å². The van der Waals surface area contributed by atoms with Crippen LogP contribution in [0.2, 0.25) is 0 Å². The Kier molecular flexibility index (Phi) is 9.30. The second kappa shape index (κ2) is 11.5. The fraction of sp³-hybridized carbons (Fsp3) is 0.214. The molecule has 0 unspecified atom stereocenters. The molecule has 0 aliphatic heterocycles. The van der Waals surface area contributed by atoms with Gasteiger partial charge >= 0.3 is 0 Å². The predicted molar refractivity (Wildman–Crippen MR) is 135 cm³/mol. The standard InChI is InChI=1S/C23H20NS.C5H8O2.Ir/c1-23(2,3)19-11-9-17(10-12-19)21-13-18-15-24-20(14-22(18)25-21)16-7-5-4-6-8-16;1-4(6)3-5(2)7;/h4-7,9-15H,1-3H3;3,6H,1-2H3;/q-1;;/b;4-3-;. The summed E-state index contributed by atoms with van der Waals surface area (Å²) in [4.78, 5) is 15.9. The number of thiophene rings is 1. The molecule has 1 N–H and O–H groups in total. The van der Waals surface area contributed by atoms with E-state index in [2.05, 4.69) is 68.2 Å². The number of hydrogen-bond acceptors (Lipinski definition) is 4. The van der Waals surface area contributed by atoms with E-state index >= 15 is 0 Å². The maximum Gasteiger partial charge on any atom is 0.155 e. The number of ketones is 1. The van der Waals surface area contributed by atoms with Gasteiger partial charge in [0.05, 0.1) is 5.76 Å². The van der Waals surface area contributed by atoms with Crippen LogP contribution in [0, 0.1) is 6.07 Å². The fourth-order valence-corrected chi connectivity index (χ4v) is 4.28. The van der Waals surface area contributed by atoms with Crippen molar-refractivity contribution in [3.8, 4) is 21.7 Å². The van der Waals surface area contributed by atoms with Gasteiger partial charge in [0.15, 0.2) is 5.78 Å². The van der Waals surface area contributed by atoms with Crippen LogP contribution in [0.15, 0.2) is 78.7 Å². The Bertz CT molecular complexity index is 1230. The molecule has 0 spiro atoms. The van der Waals surface area contributed by atoms with Crippen LogP contribution in [-0.2, 0) is 30.3 Å². The normalized spacial score (nSPS) is 11.4. The Hall–Kier alpha value is -2.59. The van der Waals surface area contributed by atoms with Gasteiger partial charge in [-0.05, 0) is 42.1 Å². The Balaban J connectivity index is 0.000000423. The molecule has 3 nitrogen and oxygen atoms in total. The van der Waals surface area contributed by atoms with Crippen molar-refractivity contribution in [1.82, 2.24) is 4.98 Å². The van der Waals surface area contributed by atoms with E-state index in [1.807, 2.05) is 41.8 Å². The number of rotatable bonds is 3. The van der Waals surface area contributed by atoms with Crippen LogP contribution in [0.1, 0.15) is 40.2 Å². The van der Waals surface area contributed by atoms with Gasteiger partial charge in [-0.15, -0.1) is 47.2 Å². The first-order chi connectivity index (χ1) is 15.1. The molecule has 0 atom stereocenters.